The monoisotopic (exact) mass is 217 g/mol. The number of aliphatic imine (C=N–C) groups is 1. The molecule has 15 heavy (non-hydrogen) atoms. The molecule has 5 heteroatoms. The molecule has 0 aromatic heterocycles. The Morgan fingerprint density at radius 2 is 2.00 bits per heavy atom. The minimum absolute atomic E-state index is 0.343. The molecule has 0 rings (SSSR count). The van der Waals surface area contributed by atoms with Crippen LogP contribution in [0.2, 0.25) is 0 Å². The van der Waals surface area contributed by atoms with Crippen molar-refractivity contribution in [1.82, 2.24) is 0 Å². The van der Waals surface area contributed by atoms with Crippen molar-refractivity contribution in [3.63, 3.8) is 0 Å². The third-order valence-corrected chi connectivity index (χ3v) is 1.45. The normalized spacial score (nSPS) is 8.13. The van der Waals surface area contributed by atoms with Crippen molar-refractivity contribution in [1.29, 1.82) is 0 Å². The Morgan fingerprint density at radius 3 is 2.33 bits per heavy atom. The number of carbonyl (C=O) groups excluding carboxylic acids is 1. The van der Waals surface area contributed by atoms with Gasteiger partial charge in [0.1, 0.15) is 0 Å². The molecular formula is C10H19NO4. The van der Waals surface area contributed by atoms with Crippen LogP contribution in [-0.2, 0) is 9.53 Å². The lowest BCUT2D eigenvalue weighted by Gasteiger charge is -1.98. The Kier molecular flexibility index (Phi) is 16.2. The quantitative estimate of drug-likeness (QED) is 0.321. The zero-order valence-corrected chi connectivity index (χ0v) is 9.36. The molecular weight excluding hydrogens is 198 g/mol. The van der Waals surface area contributed by atoms with E-state index in [0.29, 0.717) is 13.2 Å². The van der Waals surface area contributed by atoms with Gasteiger partial charge >= 0.3 is 6.16 Å². The van der Waals surface area contributed by atoms with E-state index in [2.05, 4.69) is 16.7 Å². The van der Waals surface area contributed by atoms with E-state index in [4.69, 9.17) is 9.90 Å². The molecule has 0 amide bonds. The molecule has 5 nitrogen and oxygen atoms in total. The summed E-state index contributed by atoms with van der Waals surface area (Å²) in [5, 5.41) is 8.05. The van der Waals surface area contributed by atoms with Crippen molar-refractivity contribution >= 4 is 12.2 Å². The average molecular weight is 217 g/mol. The van der Waals surface area contributed by atoms with Crippen LogP contribution in [0, 0.1) is 0 Å². The van der Waals surface area contributed by atoms with Crippen molar-refractivity contribution in [2.24, 2.45) is 4.99 Å². The van der Waals surface area contributed by atoms with Gasteiger partial charge < -0.3 is 9.84 Å². The molecule has 0 aliphatic carbocycles. The minimum Gasteiger partial charge on any atom is -0.450 e. The highest BCUT2D eigenvalue weighted by atomic mass is 16.7. The van der Waals surface area contributed by atoms with E-state index in [1.165, 1.54) is 6.08 Å². The summed E-state index contributed by atoms with van der Waals surface area (Å²) < 4.78 is 4.31. The molecule has 0 aliphatic rings. The Labute approximate surface area is 90.2 Å². The lowest BCUT2D eigenvalue weighted by atomic mass is 10.2. The molecule has 0 spiro atoms. The van der Waals surface area contributed by atoms with E-state index in [0.717, 1.165) is 25.7 Å². The summed E-state index contributed by atoms with van der Waals surface area (Å²) in [5.41, 5.74) is 0. The van der Waals surface area contributed by atoms with Gasteiger partial charge in [0.15, 0.2) is 0 Å². The first kappa shape index (κ1) is 16.1. The van der Waals surface area contributed by atoms with Crippen LogP contribution < -0.4 is 0 Å². The van der Waals surface area contributed by atoms with Crippen molar-refractivity contribution in [3.05, 3.63) is 0 Å². The average Bonchev–Trinajstić information content (AvgIpc) is 2.19. The first-order valence-electron chi connectivity index (χ1n) is 5.08. The summed E-state index contributed by atoms with van der Waals surface area (Å²) in [6, 6.07) is 0. The van der Waals surface area contributed by atoms with Crippen LogP contribution in [0.3, 0.4) is 0 Å². The topological polar surface area (TPSA) is 76.0 Å². The Hall–Kier alpha value is -1.35. The van der Waals surface area contributed by atoms with Gasteiger partial charge in [-0.3, -0.25) is 0 Å². The number of carbonyl (C=O) groups is 1. The van der Waals surface area contributed by atoms with Crippen LogP contribution >= 0.6 is 0 Å². The second kappa shape index (κ2) is 15.1. The fraction of sp³-hybridized carbons (Fsp3) is 0.800. The molecule has 0 aromatic carbocycles. The lowest BCUT2D eigenvalue weighted by molar-refractivity contribution is 0.0900. The fourth-order valence-electron chi connectivity index (χ4n) is 0.753. The van der Waals surface area contributed by atoms with Gasteiger partial charge in [-0.25, -0.2) is 14.6 Å². The van der Waals surface area contributed by atoms with Crippen LogP contribution in [-0.4, -0.2) is 30.5 Å². The number of rotatable bonds is 6. The molecule has 0 radical (unpaired) electrons. The number of carboxylic acid groups (broad SMARTS) is 1. The Bertz CT molecular complexity index is 188. The number of isocyanates is 1. The molecule has 0 bridgehead atoms. The number of ether oxygens (including phenoxy) is 1. The summed E-state index contributed by atoms with van der Waals surface area (Å²) in [5.74, 6) is 0. The summed E-state index contributed by atoms with van der Waals surface area (Å²) in [7, 11) is 0. The van der Waals surface area contributed by atoms with Crippen molar-refractivity contribution in [2.75, 3.05) is 13.2 Å². The van der Waals surface area contributed by atoms with Gasteiger partial charge in [0.25, 0.3) is 0 Å². The molecule has 0 unspecified atom stereocenters. The maximum absolute atomic E-state index is 9.81. The van der Waals surface area contributed by atoms with Gasteiger partial charge in [0.2, 0.25) is 6.08 Å². The predicted octanol–water partition coefficient (Wildman–Crippen LogP) is 2.60. The highest BCUT2D eigenvalue weighted by Gasteiger charge is 1.93. The number of unbranched alkanes of at least 4 members (excludes halogenated alkanes) is 3. The van der Waals surface area contributed by atoms with Gasteiger partial charge in [-0.05, 0) is 13.3 Å². The van der Waals surface area contributed by atoms with E-state index in [-0.39, 0.29) is 0 Å². The molecule has 0 atom stereocenters. The summed E-state index contributed by atoms with van der Waals surface area (Å²) in [6.45, 7) is 4.78. The van der Waals surface area contributed by atoms with Crippen LogP contribution in [0.4, 0.5) is 4.79 Å². The zero-order chi connectivity index (χ0) is 11.9. The first-order valence-corrected chi connectivity index (χ1v) is 5.08. The fourth-order valence-corrected chi connectivity index (χ4v) is 0.753. The standard InChI is InChI=1S/C7H14O3.C3H5NO/c1-2-3-4-5-6-10-7(8)9;1-2-4-3-5/h2-6H2,1H3,(H,8,9);2H2,1H3. The van der Waals surface area contributed by atoms with E-state index >= 15 is 0 Å². The summed E-state index contributed by atoms with van der Waals surface area (Å²) in [4.78, 5) is 22.1. The second-order valence-corrected chi connectivity index (χ2v) is 2.74. The summed E-state index contributed by atoms with van der Waals surface area (Å²) in [6.07, 6.45) is 4.44. The maximum atomic E-state index is 9.81. The third-order valence-electron chi connectivity index (χ3n) is 1.45. The van der Waals surface area contributed by atoms with Crippen LogP contribution in [0.15, 0.2) is 4.99 Å². The van der Waals surface area contributed by atoms with E-state index in [1.807, 2.05) is 0 Å². The highest BCUT2D eigenvalue weighted by molar-refractivity contribution is 5.56. The SMILES string of the molecule is CCCCCCOC(=O)O.CCN=C=O. The molecule has 1 N–H and O–H groups in total. The van der Waals surface area contributed by atoms with Gasteiger partial charge in [0.05, 0.1) is 6.61 Å². The van der Waals surface area contributed by atoms with Gasteiger partial charge in [-0.2, -0.15) is 0 Å². The van der Waals surface area contributed by atoms with Crippen LogP contribution in [0.1, 0.15) is 39.5 Å². The van der Waals surface area contributed by atoms with E-state index in [9.17, 15) is 4.79 Å². The van der Waals surface area contributed by atoms with Crippen molar-refractivity contribution in [2.45, 2.75) is 39.5 Å². The molecule has 0 heterocycles. The molecule has 0 aliphatic heterocycles. The molecule has 0 fully saturated rings. The molecule has 0 saturated carbocycles. The van der Waals surface area contributed by atoms with Crippen molar-refractivity contribution in [3.8, 4) is 0 Å². The summed E-state index contributed by atoms with van der Waals surface area (Å²) >= 11 is 0. The van der Waals surface area contributed by atoms with Gasteiger partial charge in [-0.15, -0.1) is 0 Å². The Morgan fingerprint density at radius 1 is 1.33 bits per heavy atom. The molecule has 88 valence electrons. The number of hydrogen-bond donors (Lipinski definition) is 1. The number of hydrogen-bond acceptors (Lipinski definition) is 4. The zero-order valence-electron chi connectivity index (χ0n) is 9.36. The van der Waals surface area contributed by atoms with Crippen LogP contribution in [0.25, 0.3) is 0 Å². The molecule has 0 saturated heterocycles. The lowest BCUT2D eigenvalue weighted by Crippen LogP contribution is -2.01. The number of nitrogens with zero attached hydrogens (tertiary/aromatic N) is 1. The van der Waals surface area contributed by atoms with E-state index < -0.39 is 6.16 Å². The van der Waals surface area contributed by atoms with Gasteiger partial charge in [0, 0.05) is 6.54 Å². The third kappa shape index (κ3) is 24.5. The van der Waals surface area contributed by atoms with E-state index in [1.54, 1.807) is 6.92 Å². The van der Waals surface area contributed by atoms with Crippen molar-refractivity contribution < 1.29 is 19.4 Å². The second-order valence-electron chi connectivity index (χ2n) is 2.74. The Balaban J connectivity index is 0. The smallest absolute Gasteiger partial charge is 0.450 e. The van der Waals surface area contributed by atoms with Gasteiger partial charge in [-0.1, -0.05) is 26.2 Å². The largest absolute Gasteiger partial charge is 0.505 e. The highest BCUT2D eigenvalue weighted by Crippen LogP contribution is 1.98. The minimum atomic E-state index is -1.17. The predicted molar refractivity (Wildman–Crippen MR) is 56.8 cm³/mol. The molecule has 0 aromatic rings. The maximum Gasteiger partial charge on any atom is 0.505 e. The van der Waals surface area contributed by atoms with Crippen LogP contribution in [0.5, 0.6) is 0 Å². The first-order chi connectivity index (χ1) is 7.18.